The van der Waals surface area contributed by atoms with Crippen molar-refractivity contribution in [2.45, 2.75) is 58.7 Å². The minimum atomic E-state index is -0.391. The second-order valence-electron chi connectivity index (χ2n) is 9.58. The molecule has 1 aliphatic carbocycles. The number of likely N-dealkylation sites (N-methyl/N-ethyl adjacent to an activating group) is 1. The van der Waals surface area contributed by atoms with Crippen LogP contribution in [0.5, 0.6) is 5.75 Å². The molecule has 4 amide bonds. The molecule has 3 N–H and O–H groups in total. The van der Waals surface area contributed by atoms with Crippen LogP contribution in [0.4, 0.5) is 10.5 Å². The molecule has 1 fully saturated rings. The normalized spacial score (nSPS) is 21.4. The molecular weight excluding hydrogens is 424 g/mol. The lowest BCUT2D eigenvalue weighted by molar-refractivity contribution is -0.117. The van der Waals surface area contributed by atoms with Crippen molar-refractivity contribution < 1.29 is 24.2 Å². The van der Waals surface area contributed by atoms with Crippen molar-refractivity contribution >= 4 is 23.5 Å². The predicted molar refractivity (Wildman–Crippen MR) is 125 cm³/mol. The molecule has 0 unspecified atom stereocenters. The summed E-state index contributed by atoms with van der Waals surface area (Å²) in [5.41, 5.74) is 0.868. The highest BCUT2D eigenvalue weighted by Gasteiger charge is 2.35. The minimum Gasteiger partial charge on any atom is -0.487 e. The summed E-state index contributed by atoms with van der Waals surface area (Å²) < 4.78 is 6.28. The molecule has 182 valence electrons. The first kappa shape index (κ1) is 24.8. The van der Waals surface area contributed by atoms with Crippen LogP contribution in [0.15, 0.2) is 18.2 Å². The summed E-state index contributed by atoms with van der Waals surface area (Å²) in [6.07, 6.45) is 1.40. The summed E-state index contributed by atoms with van der Waals surface area (Å²) >= 11 is 0. The quantitative estimate of drug-likeness (QED) is 0.578. The maximum atomic E-state index is 13.4. The van der Waals surface area contributed by atoms with Crippen molar-refractivity contribution in [3.8, 4) is 5.75 Å². The molecular formula is C24H36N4O5. The molecule has 33 heavy (non-hydrogen) atoms. The fraction of sp³-hybridized carbons (Fsp3) is 0.625. The SMILES string of the molecule is CC(C)NC(=O)N(C)C[C@@H]1Oc2ccc(NC(=O)C3CC3)cc2C(=O)N([C@@H](C)CO)C[C@@H]1C. The Kier molecular flexibility index (Phi) is 7.84. The van der Waals surface area contributed by atoms with E-state index in [4.69, 9.17) is 4.74 Å². The zero-order valence-electron chi connectivity index (χ0n) is 20.1. The number of rotatable bonds is 7. The van der Waals surface area contributed by atoms with Crippen LogP contribution in [-0.2, 0) is 4.79 Å². The van der Waals surface area contributed by atoms with E-state index in [9.17, 15) is 19.5 Å². The molecule has 1 aliphatic heterocycles. The molecule has 3 rings (SSSR count). The van der Waals surface area contributed by atoms with Crippen LogP contribution in [0.3, 0.4) is 0 Å². The van der Waals surface area contributed by atoms with Gasteiger partial charge in [0.05, 0.1) is 24.8 Å². The third-order valence-corrected chi connectivity index (χ3v) is 6.09. The number of nitrogens with zero attached hydrogens (tertiary/aromatic N) is 2. The summed E-state index contributed by atoms with van der Waals surface area (Å²) in [6.45, 7) is 8.08. The molecule has 0 aromatic heterocycles. The van der Waals surface area contributed by atoms with E-state index in [2.05, 4.69) is 10.6 Å². The first-order valence-electron chi connectivity index (χ1n) is 11.7. The fourth-order valence-corrected chi connectivity index (χ4v) is 3.82. The number of ether oxygens (including phenoxy) is 1. The first-order chi connectivity index (χ1) is 15.6. The molecule has 0 saturated heterocycles. The van der Waals surface area contributed by atoms with Crippen LogP contribution >= 0.6 is 0 Å². The second-order valence-corrected chi connectivity index (χ2v) is 9.58. The van der Waals surface area contributed by atoms with E-state index >= 15 is 0 Å². The molecule has 2 aliphatic rings. The van der Waals surface area contributed by atoms with Crippen molar-refractivity contribution in [2.24, 2.45) is 11.8 Å². The van der Waals surface area contributed by atoms with Gasteiger partial charge < -0.3 is 30.3 Å². The standard InChI is InChI=1S/C24H36N4O5/c1-14(2)25-24(32)27(5)12-21-15(3)11-28(16(4)13-29)23(31)19-10-18(8-9-20(19)33-21)26-22(30)17-6-7-17/h8-10,14-17,21,29H,6-7,11-13H2,1-5H3,(H,25,32)(H,26,30)/t15-,16-,21-/m0/s1. The minimum absolute atomic E-state index is 0.0131. The Morgan fingerprint density at radius 1 is 1.27 bits per heavy atom. The fourth-order valence-electron chi connectivity index (χ4n) is 3.82. The van der Waals surface area contributed by atoms with Crippen LogP contribution in [0.2, 0.25) is 0 Å². The van der Waals surface area contributed by atoms with E-state index in [1.165, 1.54) is 0 Å². The highest BCUT2D eigenvalue weighted by Crippen LogP contribution is 2.33. The Morgan fingerprint density at radius 2 is 1.97 bits per heavy atom. The number of aliphatic hydroxyl groups excluding tert-OH is 1. The topological polar surface area (TPSA) is 111 Å². The number of nitrogens with one attached hydrogen (secondary N) is 2. The van der Waals surface area contributed by atoms with Crippen molar-refractivity contribution in [3.05, 3.63) is 23.8 Å². The number of fused-ring (bicyclic) bond motifs is 1. The van der Waals surface area contributed by atoms with Gasteiger partial charge in [0.1, 0.15) is 11.9 Å². The average molecular weight is 461 g/mol. The molecule has 3 atom stereocenters. The van der Waals surface area contributed by atoms with Gasteiger partial charge in [-0.2, -0.15) is 0 Å². The third kappa shape index (κ3) is 6.16. The Balaban J connectivity index is 1.89. The lowest BCUT2D eigenvalue weighted by Crippen LogP contribution is -2.51. The Morgan fingerprint density at radius 3 is 2.58 bits per heavy atom. The van der Waals surface area contributed by atoms with Crippen molar-refractivity contribution in [1.29, 1.82) is 0 Å². The van der Waals surface area contributed by atoms with Gasteiger partial charge in [-0.3, -0.25) is 9.59 Å². The van der Waals surface area contributed by atoms with Crippen LogP contribution < -0.4 is 15.4 Å². The van der Waals surface area contributed by atoms with Gasteiger partial charge in [0.15, 0.2) is 0 Å². The Bertz CT molecular complexity index is 886. The van der Waals surface area contributed by atoms with Crippen LogP contribution in [0.25, 0.3) is 0 Å². The van der Waals surface area contributed by atoms with Crippen molar-refractivity contribution in [2.75, 3.05) is 32.1 Å². The number of anilines is 1. The lowest BCUT2D eigenvalue weighted by Gasteiger charge is -2.38. The van der Waals surface area contributed by atoms with E-state index in [1.807, 2.05) is 20.8 Å². The maximum Gasteiger partial charge on any atom is 0.317 e. The second kappa shape index (κ2) is 10.4. The number of aliphatic hydroxyl groups is 1. The van der Waals surface area contributed by atoms with E-state index in [-0.39, 0.29) is 48.4 Å². The van der Waals surface area contributed by atoms with Gasteiger partial charge in [0.2, 0.25) is 5.91 Å². The molecule has 1 heterocycles. The maximum absolute atomic E-state index is 13.4. The van der Waals surface area contributed by atoms with Crippen LogP contribution in [0.1, 0.15) is 50.9 Å². The summed E-state index contributed by atoms with van der Waals surface area (Å²) in [5, 5.41) is 15.5. The van der Waals surface area contributed by atoms with Gasteiger partial charge in [-0.1, -0.05) is 6.92 Å². The van der Waals surface area contributed by atoms with Crippen molar-refractivity contribution in [3.63, 3.8) is 0 Å². The summed E-state index contributed by atoms with van der Waals surface area (Å²) in [4.78, 5) is 41.3. The van der Waals surface area contributed by atoms with Gasteiger partial charge in [-0.05, 0) is 51.8 Å². The number of amides is 4. The summed E-state index contributed by atoms with van der Waals surface area (Å²) in [7, 11) is 1.71. The van der Waals surface area contributed by atoms with Crippen LogP contribution in [-0.4, -0.2) is 77.7 Å². The number of carbonyl (C=O) groups excluding carboxylic acids is 3. The zero-order valence-corrected chi connectivity index (χ0v) is 20.1. The average Bonchev–Trinajstić information content (AvgIpc) is 3.61. The van der Waals surface area contributed by atoms with E-state index in [0.717, 1.165) is 12.8 Å². The molecule has 9 nitrogen and oxygen atoms in total. The summed E-state index contributed by atoms with van der Waals surface area (Å²) in [5.74, 6) is 0.0420. The van der Waals surface area contributed by atoms with E-state index in [1.54, 1.807) is 42.0 Å². The van der Waals surface area contributed by atoms with Crippen molar-refractivity contribution in [1.82, 2.24) is 15.1 Å². The highest BCUT2D eigenvalue weighted by molar-refractivity contribution is 6.00. The predicted octanol–water partition coefficient (Wildman–Crippen LogP) is 2.30. The number of benzene rings is 1. The number of carbonyl (C=O) groups is 3. The van der Waals surface area contributed by atoms with Crippen LogP contribution in [0, 0.1) is 11.8 Å². The van der Waals surface area contributed by atoms with Gasteiger partial charge in [-0.15, -0.1) is 0 Å². The Hall–Kier alpha value is -2.81. The largest absolute Gasteiger partial charge is 0.487 e. The molecule has 1 aromatic carbocycles. The zero-order chi connectivity index (χ0) is 24.3. The van der Waals surface area contributed by atoms with E-state index in [0.29, 0.717) is 30.1 Å². The van der Waals surface area contributed by atoms with Gasteiger partial charge in [0, 0.05) is 37.2 Å². The van der Waals surface area contributed by atoms with Gasteiger partial charge >= 0.3 is 6.03 Å². The smallest absolute Gasteiger partial charge is 0.317 e. The van der Waals surface area contributed by atoms with Gasteiger partial charge in [0.25, 0.3) is 5.91 Å². The number of urea groups is 1. The molecule has 1 saturated carbocycles. The molecule has 9 heteroatoms. The first-order valence-corrected chi connectivity index (χ1v) is 11.7. The molecule has 0 radical (unpaired) electrons. The summed E-state index contributed by atoms with van der Waals surface area (Å²) in [6, 6.07) is 4.48. The number of hydrogen-bond donors (Lipinski definition) is 3. The highest BCUT2D eigenvalue weighted by atomic mass is 16.5. The molecule has 1 aromatic rings. The lowest BCUT2D eigenvalue weighted by atomic mass is 9.99. The third-order valence-electron chi connectivity index (χ3n) is 6.09. The van der Waals surface area contributed by atoms with Gasteiger partial charge in [-0.25, -0.2) is 4.79 Å². The molecule has 0 spiro atoms. The monoisotopic (exact) mass is 460 g/mol. The van der Waals surface area contributed by atoms with E-state index < -0.39 is 6.04 Å². The molecule has 0 bridgehead atoms. The Labute approximate surface area is 195 Å². The number of hydrogen-bond acceptors (Lipinski definition) is 5.